The highest BCUT2D eigenvalue weighted by atomic mass is 16.5. The van der Waals surface area contributed by atoms with Crippen LogP contribution in [0.25, 0.3) is 0 Å². The molecule has 1 aliphatic rings. The van der Waals surface area contributed by atoms with Crippen molar-refractivity contribution in [3.63, 3.8) is 0 Å². The summed E-state index contributed by atoms with van der Waals surface area (Å²) in [4.78, 5) is 11.5. The van der Waals surface area contributed by atoms with E-state index in [0.29, 0.717) is 18.6 Å². The van der Waals surface area contributed by atoms with Gasteiger partial charge in [-0.2, -0.15) is 0 Å². The maximum Gasteiger partial charge on any atom is 0.314 e. The number of carbonyl (C=O) groups is 1. The van der Waals surface area contributed by atoms with Gasteiger partial charge in [0.05, 0.1) is 11.5 Å². The maximum absolute atomic E-state index is 11.5. The van der Waals surface area contributed by atoms with E-state index in [1.165, 1.54) is 0 Å². The lowest BCUT2D eigenvalue weighted by atomic mass is 9.64. The number of hydrogen-bond donors (Lipinski definition) is 1. The molecule has 0 radical (unpaired) electrons. The number of ether oxygens (including phenoxy) is 1. The van der Waals surface area contributed by atoms with Crippen LogP contribution in [0, 0.1) is 0 Å². The van der Waals surface area contributed by atoms with Crippen molar-refractivity contribution in [1.29, 1.82) is 0 Å². The molecule has 17 heavy (non-hydrogen) atoms. The van der Waals surface area contributed by atoms with Crippen molar-refractivity contribution < 1.29 is 14.6 Å². The van der Waals surface area contributed by atoms with Crippen molar-refractivity contribution in [3.05, 3.63) is 29.8 Å². The Morgan fingerprint density at radius 3 is 2.47 bits per heavy atom. The number of rotatable bonds is 4. The van der Waals surface area contributed by atoms with Crippen LogP contribution >= 0.6 is 0 Å². The van der Waals surface area contributed by atoms with Crippen LogP contribution in [0.2, 0.25) is 0 Å². The fourth-order valence-electron chi connectivity index (χ4n) is 2.35. The molecule has 3 nitrogen and oxygen atoms in total. The second kappa shape index (κ2) is 4.40. The molecule has 2 rings (SSSR count). The molecule has 1 aromatic rings. The Kier molecular flexibility index (Phi) is 3.09. The molecule has 3 heteroatoms. The van der Waals surface area contributed by atoms with Gasteiger partial charge < -0.3 is 9.84 Å². The molecule has 0 aliphatic heterocycles. The Morgan fingerprint density at radius 2 is 2.00 bits per heavy atom. The average Bonchev–Trinajstić information content (AvgIpc) is 2.17. The van der Waals surface area contributed by atoms with Crippen LogP contribution in [-0.4, -0.2) is 17.2 Å². The lowest BCUT2D eigenvalue weighted by molar-refractivity contribution is -0.147. The number of carboxylic acids is 1. The normalized spacial score (nSPS) is 17.6. The molecular formula is C14H18O3. The highest BCUT2D eigenvalue weighted by molar-refractivity contribution is 5.83. The first-order valence-corrected chi connectivity index (χ1v) is 6.06. The second-order valence-corrected chi connectivity index (χ2v) is 4.90. The molecule has 1 aliphatic carbocycles. The molecule has 1 aromatic carbocycles. The van der Waals surface area contributed by atoms with Gasteiger partial charge >= 0.3 is 5.97 Å². The van der Waals surface area contributed by atoms with Crippen molar-refractivity contribution >= 4 is 5.97 Å². The Labute approximate surface area is 101 Å². The van der Waals surface area contributed by atoms with Crippen molar-refractivity contribution in [2.24, 2.45) is 0 Å². The van der Waals surface area contributed by atoms with E-state index in [-0.39, 0.29) is 6.10 Å². The van der Waals surface area contributed by atoms with Gasteiger partial charge in [-0.15, -0.1) is 0 Å². The van der Waals surface area contributed by atoms with Crippen LogP contribution in [0.5, 0.6) is 5.75 Å². The third-order valence-electron chi connectivity index (χ3n) is 3.38. The van der Waals surface area contributed by atoms with Gasteiger partial charge in [-0.1, -0.05) is 24.6 Å². The van der Waals surface area contributed by atoms with Gasteiger partial charge in [0.2, 0.25) is 0 Å². The van der Waals surface area contributed by atoms with Crippen molar-refractivity contribution in [2.75, 3.05) is 0 Å². The van der Waals surface area contributed by atoms with E-state index in [0.717, 1.165) is 12.0 Å². The molecule has 0 aromatic heterocycles. The zero-order chi connectivity index (χ0) is 12.5. The summed E-state index contributed by atoms with van der Waals surface area (Å²) >= 11 is 0. The molecule has 1 fully saturated rings. The summed E-state index contributed by atoms with van der Waals surface area (Å²) in [5, 5.41) is 9.44. The van der Waals surface area contributed by atoms with Crippen molar-refractivity contribution in [1.82, 2.24) is 0 Å². The van der Waals surface area contributed by atoms with E-state index in [9.17, 15) is 9.90 Å². The molecule has 0 heterocycles. The first-order chi connectivity index (χ1) is 8.06. The van der Waals surface area contributed by atoms with Gasteiger partial charge in [0, 0.05) is 5.56 Å². The molecule has 92 valence electrons. The van der Waals surface area contributed by atoms with Crippen LogP contribution in [0.4, 0.5) is 0 Å². The van der Waals surface area contributed by atoms with Gasteiger partial charge in [0.1, 0.15) is 5.75 Å². The number of para-hydroxylation sites is 1. The fraction of sp³-hybridized carbons (Fsp3) is 0.500. The molecule has 0 bridgehead atoms. The van der Waals surface area contributed by atoms with E-state index in [2.05, 4.69) is 0 Å². The predicted octanol–water partition coefficient (Wildman–Crippen LogP) is 2.98. The number of benzene rings is 1. The first-order valence-electron chi connectivity index (χ1n) is 6.06. The molecule has 1 N–H and O–H groups in total. The quantitative estimate of drug-likeness (QED) is 0.871. The Morgan fingerprint density at radius 1 is 1.35 bits per heavy atom. The third kappa shape index (κ3) is 2.02. The minimum Gasteiger partial charge on any atom is -0.491 e. The Balaban J connectivity index is 2.40. The first kappa shape index (κ1) is 12.0. The highest BCUT2D eigenvalue weighted by Crippen LogP contribution is 2.47. The average molecular weight is 234 g/mol. The van der Waals surface area contributed by atoms with Gasteiger partial charge in [-0.05, 0) is 32.8 Å². The number of aliphatic carboxylic acids is 1. The standard InChI is InChI=1S/C14H18O3/c1-10(2)17-12-7-4-3-6-11(12)14(13(15)16)8-5-9-14/h3-4,6-7,10H,5,8-9H2,1-2H3,(H,15,16). The van der Waals surface area contributed by atoms with E-state index in [1.54, 1.807) is 0 Å². The fourth-order valence-corrected chi connectivity index (χ4v) is 2.35. The lowest BCUT2D eigenvalue weighted by Gasteiger charge is -2.39. The van der Waals surface area contributed by atoms with Gasteiger partial charge in [0.15, 0.2) is 0 Å². The highest BCUT2D eigenvalue weighted by Gasteiger charge is 2.47. The summed E-state index contributed by atoms with van der Waals surface area (Å²) in [6, 6.07) is 7.50. The molecule has 0 spiro atoms. The number of hydrogen-bond acceptors (Lipinski definition) is 2. The molecule has 0 saturated heterocycles. The van der Waals surface area contributed by atoms with Gasteiger partial charge in [0.25, 0.3) is 0 Å². The van der Waals surface area contributed by atoms with E-state index in [4.69, 9.17) is 4.74 Å². The van der Waals surface area contributed by atoms with Crippen LogP contribution in [0.3, 0.4) is 0 Å². The summed E-state index contributed by atoms with van der Waals surface area (Å²) in [5.41, 5.74) is 0.110. The minimum atomic E-state index is -0.733. The second-order valence-electron chi connectivity index (χ2n) is 4.90. The third-order valence-corrected chi connectivity index (χ3v) is 3.38. The summed E-state index contributed by atoms with van der Waals surface area (Å²) in [6.45, 7) is 3.90. The van der Waals surface area contributed by atoms with Crippen LogP contribution in [0.1, 0.15) is 38.7 Å². The largest absolute Gasteiger partial charge is 0.491 e. The topological polar surface area (TPSA) is 46.5 Å². The molecular weight excluding hydrogens is 216 g/mol. The molecule has 1 saturated carbocycles. The SMILES string of the molecule is CC(C)Oc1ccccc1C1(C(=O)O)CCC1. The van der Waals surface area contributed by atoms with Crippen molar-refractivity contribution in [3.8, 4) is 5.75 Å². The summed E-state index contributed by atoms with van der Waals surface area (Å²) in [6.07, 6.45) is 2.45. The minimum absolute atomic E-state index is 0.0575. The summed E-state index contributed by atoms with van der Waals surface area (Å²) in [7, 11) is 0. The molecule has 0 amide bonds. The van der Waals surface area contributed by atoms with Gasteiger partial charge in [-0.3, -0.25) is 4.79 Å². The van der Waals surface area contributed by atoms with Gasteiger partial charge in [-0.25, -0.2) is 0 Å². The maximum atomic E-state index is 11.5. The van der Waals surface area contributed by atoms with Crippen LogP contribution in [0.15, 0.2) is 24.3 Å². The van der Waals surface area contributed by atoms with Crippen LogP contribution in [-0.2, 0) is 10.2 Å². The lowest BCUT2D eigenvalue weighted by Crippen LogP contribution is -2.42. The van der Waals surface area contributed by atoms with E-state index in [1.807, 2.05) is 38.1 Å². The van der Waals surface area contributed by atoms with Crippen molar-refractivity contribution in [2.45, 2.75) is 44.6 Å². The monoisotopic (exact) mass is 234 g/mol. The number of carboxylic acid groups (broad SMARTS) is 1. The Bertz CT molecular complexity index is 419. The van der Waals surface area contributed by atoms with E-state index < -0.39 is 11.4 Å². The summed E-state index contributed by atoms with van der Waals surface area (Å²) in [5.74, 6) is -0.0202. The Hall–Kier alpha value is -1.51. The zero-order valence-electron chi connectivity index (χ0n) is 10.3. The smallest absolute Gasteiger partial charge is 0.314 e. The summed E-state index contributed by atoms with van der Waals surface area (Å²) < 4.78 is 5.71. The predicted molar refractivity (Wildman–Crippen MR) is 65.4 cm³/mol. The molecule has 0 atom stereocenters. The van der Waals surface area contributed by atoms with E-state index >= 15 is 0 Å². The molecule has 0 unspecified atom stereocenters. The zero-order valence-corrected chi connectivity index (χ0v) is 10.3. The van der Waals surface area contributed by atoms with Crippen LogP contribution < -0.4 is 4.74 Å².